The Bertz CT molecular complexity index is 1200. The molecule has 4 rings (SSSR count). The molecule has 1 aliphatic rings. The number of carbonyl (C=O) groups excluding carboxylic acids is 1. The number of ether oxygens (including phenoxy) is 1. The molecular weight excluding hydrogens is 426 g/mol. The Labute approximate surface area is 178 Å². The average molecular weight is 448 g/mol. The summed E-state index contributed by atoms with van der Waals surface area (Å²) in [5.74, 6) is -0.740. The molecule has 1 saturated heterocycles. The predicted molar refractivity (Wildman–Crippen MR) is 111 cm³/mol. The van der Waals surface area contributed by atoms with Crippen LogP contribution in [-0.2, 0) is 21.3 Å². The van der Waals surface area contributed by atoms with Crippen molar-refractivity contribution in [2.75, 3.05) is 26.3 Å². The zero-order valence-electron chi connectivity index (χ0n) is 16.4. The van der Waals surface area contributed by atoms with Gasteiger partial charge in [0.1, 0.15) is 0 Å². The number of sulfonamides is 1. The summed E-state index contributed by atoms with van der Waals surface area (Å²) in [5, 5.41) is 1.58. The molecule has 30 heavy (non-hydrogen) atoms. The predicted octanol–water partition coefficient (Wildman–Crippen LogP) is 2.26. The SMILES string of the molecule is Cc1ccc(Cn2ccsc2=NC(=O)c2ccc(S(=O)(=O)N3CCOCC3)o2)cc1. The minimum Gasteiger partial charge on any atom is -0.438 e. The third kappa shape index (κ3) is 4.46. The number of amides is 1. The number of furan rings is 1. The first kappa shape index (κ1) is 20.7. The average Bonchev–Trinajstić information content (AvgIpc) is 3.41. The quantitative estimate of drug-likeness (QED) is 0.598. The van der Waals surface area contributed by atoms with E-state index in [0.717, 1.165) is 5.56 Å². The number of rotatable bonds is 5. The van der Waals surface area contributed by atoms with E-state index in [-0.39, 0.29) is 23.9 Å². The van der Waals surface area contributed by atoms with Gasteiger partial charge in [-0.25, -0.2) is 8.42 Å². The van der Waals surface area contributed by atoms with E-state index in [1.54, 1.807) is 0 Å². The largest absolute Gasteiger partial charge is 0.438 e. The normalized spacial score (nSPS) is 16.1. The minimum absolute atomic E-state index is 0.114. The summed E-state index contributed by atoms with van der Waals surface area (Å²) in [6.07, 6.45) is 1.85. The van der Waals surface area contributed by atoms with Gasteiger partial charge in [-0.3, -0.25) is 4.79 Å². The monoisotopic (exact) mass is 447 g/mol. The fourth-order valence-electron chi connectivity index (χ4n) is 3.03. The van der Waals surface area contributed by atoms with Crippen LogP contribution in [0.25, 0.3) is 0 Å². The Balaban J connectivity index is 1.54. The van der Waals surface area contributed by atoms with Gasteiger partial charge >= 0.3 is 5.91 Å². The molecule has 1 aromatic carbocycles. The molecule has 0 N–H and O–H groups in total. The Hall–Kier alpha value is -2.53. The van der Waals surface area contributed by atoms with Gasteiger partial charge in [0, 0.05) is 31.2 Å². The van der Waals surface area contributed by atoms with Crippen LogP contribution in [-0.4, -0.2) is 49.5 Å². The van der Waals surface area contributed by atoms with E-state index in [9.17, 15) is 13.2 Å². The van der Waals surface area contributed by atoms with Crippen LogP contribution < -0.4 is 4.80 Å². The Morgan fingerprint density at radius 1 is 1.13 bits per heavy atom. The maximum absolute atomic E-state index is 12.7. The molecule has 0 atom stereocenters. The first-order chi connectivity index (χ1) is 14.4. The van der Waals surface area contributed by atoms with Crippen molar-refractivity contribution >= 4 is 27.3 Å². The fraction of sp³-hybridized carbons (Fsp3) is 0.300. The zero-order chi connectivity index (χ0) is 21.1. The summed E-state index contributed by atoms with van der Waals surface area (Å²) in [7, 11) is -3.80. The van der Waals surface area contributed by atoms with E-state index >= 15 is 0 Å². The lowest BCUT2D eigenvalue weighted by Gasteiger charge is -2.24. The van der Waals surface area contributed by atoms with Crippen molar-refractivity contribution in [2.45, 2.75) is 18.6 Å². The number of carbonyl (C=O) groups is 1. The van der Waals surface area contributed by atoms with Crippen molar-refractivity contribution in [3.8, 4) is 0 Å². The molecule has 158 valence electrons. The van der Waals surface area contributed by atoms with Gasteiger partial charge in [0.2, 0.25) is 5.09 Å². The number of morpholine rings is 1. The van der Waals surface area contributed by atoms with Crippen LogP contribution in [0.2, 0.25) is 0 Å². The van der Waals surface area contributed by atoms with Crippen LogP contribution in [0.15, 0.2) is 62.5 Å². The number of hydrogen-bond donors (Lipinski definition) is 0. The van der Waals surface area contributed by atoms with Crippen LogP contribution in [0.1, 0.15) is 21.7 Å². The maximum atomic E-state index is 12.7. The highest BCUT2D eigenvalue weighted by Gasteiger charge is 2.30. The number of nitrogens with zero attached hydrogens (tertiary/aromatic N) is 3. The molecule has 0 radical (unpaired) electrons. The zero-order valence-corrected chi connectivity index (χ0v) is 18.0. The van der Waals surface area contributed by atoms with Crippen LogP contribution in [0.5, 0.6) is 0 Å². The van der Waals surface area contributed by atoms with Crippen molar-refractivity contribution < 1.29 is 22.4 Å². The smallest absolute Gasteiger partial charge is 0.315 e. The summed E-state index contributed by atoms with van der Waals surface area (Å²) in [5.41, 5.74) is 2.26. The van der Waals surface area contributed by atoms with Gasteiger partial charge in [-0.15, -0.1) is 11.3 Å². The summed E-state index contributed by atoms with van der Waals surface area (Å²) in [6, 6.07) is 10.8. The Morgan fingerprint density at radius 2 is 1.87 bits per heavy atom. The van der Waals surface area contributed by atoms with E-state index in [0.29, 0.717) is 24.6 Å². The van der Waals surface area contributed by atoms with Crippen LogP contribution in [0.4, 0.5) is 0 Å². The number of benzene rings is 1. The van der Waals surface area contributed by atoms with Gasteiger partial charge in [0.25, 0.3) is 10.0 Å². The van der Waals surface area contributed by atoms with Gasteiger partial charge < -0.3 is 13.7 Å². The third-order valence-corrected chi connectivity index (χ3v) is 7.25. The van der Waals surface area contributed by atoms with E-state index in [1.807, 2.05) is 47.3 Å². The summed E-state index contributed by atoms with van der Waals surface area (Å²) >= 11 is 1.32. The van der Waals surface area contributed by atoms with Crippen LogP contribution >= 0.6 is 11.3 Å². The third-order valence-electron chi connectivity index (χ3n) is 4.69. The molecule has 1 amide bonds. The molecule has 0 bridgehead atoms. The van der Waals surface area contributed by atoms with Crippen molar-refractivity contribution in [1.82, 2.24) is 8.87 Å². The van der Waals surface area contributed by atoms with E-state index < -0.39 is 15.9 Å². The molecule has 0 spiro atoms. The van der Waals surface area contributed by atoms with Crippen molar-refractivity contribution in [3.05, 3.63) is 69.7 Å². The van der Waals surface area contributed by atoms with Crippen molar-refractivity contribution in [2.24, 2.45) is 4.99 Å². The van der Waals surface area contributed by atoms with Gasteiger partial charge in [-0.05, 0) is 24.6 Å². The highest BCUT2D eigenvalue weighted by atomic mass is 32.2. The lowest BCUT2D eigenvalue weighted by molar-refractivity contribution is 0.0723. The number of hydrogen-bond acceptors (Lipinski definition) is 6. The molecule has 0 unspecified atom stereocenters. The molecule has 3 aromatic rings. The van der Waals surface area contributed by atoms with Gasteiger partial charge in [-0.2, -0.15) is 9.30 Å². The number of aromatic nitrogens is 1. The second kappa shape index (κ2) is 8.68. The standard InChI is InChI=1S/C20H21N3O5S2/c1-15-2-4-16(5-3-15)14-22-10-13-29-20(22)21-19(24)17-6-7-18(28-17)30(25,26)23-8-11-27-12-9-23/h2-7,10,13H,8-9,11-12,14H2,1H3. The molecule has 1 fully saturated rings. The fourth-order valence-corrected chi connectivity index (χ4v) is 5.07. The van der Waals surface area contributed by atoms with Gasteiger partial charge in [0.15, 0.2) is 10.6 Å². The molecule has 10 heteroatoms. The lowest BCUT2D eigenvalue weighted by atomic mass is 10.1. The first-order valence-electron chi connectivity index (χ1n) is 9.40. The topological polar surface area (TPSA) is 94.1 Å². The molecule has 8 nitrogen and oxygen atoms in total. The first-order valence-corrected chi connectivity index (χ1v) is 11.7. The van der Waals surface area contributed by atoms with Crippen molar-refractivity contribution in [1.29, 1.82) is 0 Å². The minimum atomic E-state index is -3.80. The van der Waals surface area contributed by atoms with E-state index in [2.05, 4.69) is 4.99 Å². The number of aryl methyl sites for hydroxylation is 1. The summed E-state index contributed by atoms with van der Waals surface area (Å²) in [6.45, 7) is 3.78. The van der Waals surface area contributed by atoms with Gasteiger partial charge in [-0.1, -0.05) is 29.8 Å². The molecule has 0 aliphatic carbocycles. The Morgan fingerprint density at radius 3 is 2.60 bits per heavy atom. The summed E-state index contributed by atoms with van der Waals surface area (Å²) < 4.78 is 39.0. The van der Waals surface area contributed by atoms with E-state index in [4.69, 9.17) is 9.15 Å². The molecule has 2 aromatic heterocycles. The van der Waals surface area contributed by atoms with Gasteiger partial charge in [0.05, 0.1) is 13.2 Å². The molecule has 0 saturated carbocycles. The molecular formula is C20H21N3O5S2. The molecule has 3 heterocycles. The van der Waals surface area contributed by atoms with E-state index in [1.165, 1.54) is 33.3 Å². The maximum Gasteiger partial charge on any atom is 0.315 e. The second-order valence-electron chi connectivity index (χ2n) is 6.85. The second-order valence-corrected chi connectivity index (χ2v) is 9.59. The van der Waals surface area contributed by atoms with Crippen LogP contribution in [0, 0.1) is 6.92 Å². The van der Waals surface area contributed by atoms with Crippen molar-refractivity contribution in [3.63, 3.8) is 0 Å². The van der Waals surface area contributed by atoms with Crippen LogP contribution in [0.3, 0.4) is 0 Å². The number of thiazole rings is 1. The molecule has 1 aliphatic heterocycles. The highest BCUT2D eigenvalue weighted by molar-refractivity contribution is 7.89. The highest BCUT2D eigenvalue weighted by Crippen LogP contribution is 2.20. The Kier molecular flexibility index (Phi) is 6.00. The summed E-state index contributed by atoms with van der Waals surface area (Å²) in [4.78, 5) is 17.2. The lowest BCUT2D eigenvalue weighted by Crippen LogP contribution is -2.40.